The van der Waals surface area contributed by atoms with E-state index in [1.165, 1.54) is 11.3 Å². The van der Waals surface area contributed by atoms with E-state index in [1.807, 2.05) is 35.7 Å². The Balaban J connectivity index is 1.33. The molecule has 2 aromatic heterocycles. The van der Waals surface area contributed by atoms with Crippen molar-refractivity contribution in [1.82, 2.24) is 25.2 Å². The lowest BCUT2D eigenvalue weighted by molar-refractivity contribution is -0.126. The molecule has 2 amide bonds. The van der Waals surface area contributed by atoms with Gasteiger partial charge in [0.25, 0.3) is 5.91 Å². The van der Waals surface area contributed by atoms with Crippen LogP contribution in [-0.4, -0.2) is 44.8 Å². The maximum Gasteiger partial charge on any atom is 0.291 e. The van der Waals surface area contributed by atoms with E-state index in [2.05, 4.69) is 20.3 Å². The number of nitrogens with one attached hydrogen (secondary N) is 1. The molecular weight excluding hydrogens is 386 g/mol. The van der Waals surface area contributed by atoms with Gasteiger partial charge in [-0.3, -0.25) is 9.59 Å². The highest BCUT2D eigenvalue weighted by molar-refractivity contribution is 7.09. The number of hydrogen-bond donors (Lipinski definition) is 1. The van der Waals surface area contributed by atoms with Gasteiger partial charge in [0.15, 0.2) is 0 Å². The van der Waals surface area contributed by atoms with E-state index in [0.717, 1.165) is 29.1 Å². The van der Waals surface area contributed by atoms with Gasteiger partial charge in [-0.1, -0.05) is 30.3 Å². The van der Waals surface area contributed by atoms with Gasteiger partial charge in [-0.25, -0.2) is 15.0 Å². The number of aromatic nitrogens is 3. The van der Waals surface area contributed by atoms with Crippen LogP contribution in [0.4, 0.5) is 0 Å². The highest BCUT2D eigenvalue weighted by Crippen LogP contribution is 2.22. The Labute approximate surface area is 172 Å². The van der Waals surface area contributed by atoms with Gasteiger partial charge in [0, 0.05) is 36.4 Å². The monoisotopic (exact) mass is 407 g/mol. The van der Waals surface area contributed by atoms with Gasteiger partial charge in [-0.15, -0.1) is 11.3 Å². The zero-order chi connectivity index (χ0) is 20.1. The lowest BCUT2D eigenvalue weighted by atomic mass is 9.97. The van der Waals surface area contributed by atoms with Crippen molar-refractivity contribution in [3.8, 4) is 11.3 Å². The minimum Gasteiger partial charge on any atom is -0.349 e. The molecule has 8 heteroatoms. The summed E-state index contributed by atoms with van der Waals surface area (Å²) in [6.07, 6.45) is 4.64. The van der Waals surface area contributed by atoms with Crippen LogP contribution in [0, 0.1) is 5.92 Å². The Morgan fingerprint density at radius 2 is 1.93 bits per heavy atom. The third-order valence-electron chi connectivity index (χ3n) is 4.87. The Morgan fingerprint density at radius 1 is 1.14 bits per heavy atom. The van der Waals surface area contributed by atoms with Gasteiger partial charge >= 0.3 is 0 Å². The Hall–Kier alpha value is -3.13. The molecule has 1 N–H and O–H groups in total. The van der Waals surface area contributed by atoms with Gasteiger partial charge in [-0.2, -0.15) is 0 Å². The Morgan fingerprint density at radius 3 is 2.72 bits per heavy atom. The molecule has 1 atom stereocenters. The molecular formula is C21H21N5O2S. The molecule has 1 aliphatic rings. The van der Waals surface area contributed by atoms with Crippen molar-refractivity contribution in [1.29, 1.82) is 0 Å². The lowest BCUT2D eigenvalue weighted by Crippen LogP contribution is -2.45. The molecule has 29 heavy (non-hydrogen) atoms. The zero-order valence-electron chi connectivity index (χ0n) is 15.8. The minimum absolute atomic E-state index is 0.0482. The fourth-order valence-corrected chi connectivity index (χ4v) is 4.11. The van der Waals surface area contributed by atoms with E-state index < -0.39 is 0 Å². The molecule has 0 saturated carbocycles. The van der Waals surface area contributed by atoms with Gasteiger partial charge < -0.3 is 10.2 Å². The van der Waals surface area contributed by atoms with Crippen LogP contribution < -0.4 is 5.32 Å². The maximum atomic E-state index is 12.6. The largest absolute Gasteiger partial charge is 0.349 e. The summed E-state index contributed by atoms with van der Waals surface area (Å²) in [6.45, 7) is 1.40. The van der Waals surface area contributed by atoms with E-state index in [1.54, 1.807) is 23.4 Å². The zero-order valence-corrected chi connectivity index (χ0v) is 16.6. The van der Waals surface area contributed by atoms with E-state index >= 15 is 0 Å². The summed E-state index contributed by atoms with van der Waals surface area (Å²) in [5, 5.41) is 5.83. The maximum absolute atomic E-state index is 12.6. The molecule has 3 aromatic rings. The first-order valence-electron chi connectivity index (χ1n) is 9.54. The number of amides is 2. The van der Waals surface area contributed by atoms with Crippen LogP contribution in [0.3, 0.4) is 0 Å². The van der Waals surface area contributed by atoms with Crippen LogP contribution in [-0.2, 0) is 11.3 Å². The highest BCUT2D eigenvalue weighted by atomic mass is 32.1. The summed E-state index contributed by atoms with van der Waals surface area (Å²) < 4.78 is 0. The topological polar surface area (TPSA) is 88.1 Å². The van der Waals surface area contributed by atoms with Crippen molar-refractivity contribution in [2.75, 3.05) is 13.1 Å². The van der Waals surface area contributed by atoms with Crippen molar-refractivity contribution < 1.29 is 9.59 Å². The summed E-state index contributed by atoms with van der Waals surface area (Å²) >= 11 is 1.53. The smallest absolute Gasteiger partial charge is 0.291 e. The third-order valence-corrected chi connectivity index (χ3v) is 5.72. The van der Waals surface area contributed by atoms with Crippen LogP contribution >= 0.6 is 11.3 Å². The van der Waals surface area contributed by atoms with Gasteiger partial charge in [-0.05, 0) is 18.9 Å². The van der Waals surface area contributed by atoms with Crippen molar-refractivity contribution in [2.24, 2.45) is 5.92 Å². The molecule has 1 fully saturated rings. The number of hydrogen-bond acceptors (Lipinski definition) is 6. The van der Waals surface area contributed by atoms with Crippen LogP contribution in [0.15, 0.2) is 54.2 Å². The quantitative estimate of drug-likeness (QED) is 0.703. The summed E-state index contributed by atoms with van der Waals surface area (Å²) in [6, 6.07) is 11.6. The van der Waals surface area contributed by atoms with Gasteiger partial charge in [0.05, 0.1) is 18.2 Å². The number of carbonyl (C=O) groups is 2. The first-order chi connectivity index (χ1) is 14.2. The number of likely N-dealkylation sites (tertiary alicyclic amines) is 1. The summed E-state index contributed by atoms with van der Waals surface area (Å²) in [5.41, 5.74) is 1.98. The predicted octanol–water partition coefficient (Wildman–Crippen LogP) is 2.77. The van der Waals surface area contributed by atoms with E-state index in [4.69, 9.17) is 0 Å². The number of benzene rings is 1. The first-order valence-corrected chi connectivity index (χ1v) is 10.4. The second kappa shape index (κ2) is 8.91. The van der Waals surface area contributed by atoms with Crippen molar-refractivity contribution in [3.63, 3.8) is 0 Å². The highest BCUT2D eigenvalue weighted by Gasteiger charge is 2.29. The molecule has 0 spiro atoms. The average Bonchev–Trinajstić information content (AvgIpc) is 3.27. The number of carbonyl (C=O) groups excluding carboxylic acids is 2. The van der Waals surface area contributed by atoms with Crippen LogP contribution in [0.5, 0.6) is 0 Å². The van der Waals surface area contributed by atoms with Gasteiger partial charge in [0.1, 0.15) is 5.01 Å². The number of nitrogens with zero attached hydrogens (tertiary/aromatic N) is 4. The second-order valence-corrected chi connectivity index (χ2v) is 7.82. The molecule has 148 valence electrons. The summed E-state index contributed by atoms with van der Waals surface area (Å²) in [4.78, 5) is 39.5. The van der Waals surface area contributed by atoms with Crippen LogP contribution in [0.2, 0.25) is 0 Å². The molecule has 0 aliphatic carbocycles. The fourth-order valence-electron chi connectivity index (χ4n) is 3.37. The molecule has 7 nitrogen and oxygen atoms in total. The minimum atomic E-state index is -0.232. The molecule has 3 heterocycles. The molecule has 1 saturated heterocycles. The fraction of sp³-hybridized carbons (Fsp3) is 0.286. The first kappa shape index (κ1) is 19.2. The molecule has 4 rings (SSSR count). The van der Waals surface area contributed by atoms with Crippen LogP contribution in [0.25, 0.3) is 11.3 Å². The van der Waals surface area contributed by atoms with E-state index in [0.29, 0.717) is 19.6 Å². The second-order valence-electron chi connectivity index (χ2n) is 6.87. The van der Waals surface area contributed by atoms with Crippen molar-refractivity contribution >= 4 is 23.2 Å². The number of rotatable bonds is 5. The van der Waals surface area contributed by atoms with Gasteiger partial charge in [0.2, 0.25) is 11.7 Å². The van der Waals surface area contributed by atoms with E-state index in [9.17, 15) is 9.59 Å². The molecule has 1 aromatic carbocycles. The standard InChI is InChI=1S/C21H21N5O2S/c27-20(24-12-18-25-17(14-29-18)15-6-2-1-3-7-15)16-8-4-11-26(13-16)21(28)19-22-9-5-10-23-19/h1-3,5-7,9-10,14,16H,4,8,11-13H2,(H,24,27)/t16-/m0/s1. The molecule has 1 aliphatic heterocycles. The SMILES string of the molecule is O=C(NCc1nc(-c2ccccc2)cs1)[C@H]1CCCN(C(=O)c2ncccn2)C1. The summed E-state index contributed by atoms with van der Waals surface area (Å²) in [7, 11) is 0. The predicted molar refractivity (Wildman–Crippen MR) is 110 cm³/mol. The van der Waals surface area contributed by atoms with E-state index in [-0.39, 0.29) is 23.6 Å². The third kappa shape index (κ3) is 4.65. The normalized spacial score (nSPS) is 16.4. The van der Waals surface area contributed by atoms with Crippen molar-refractivity contribution in [3.05, 3.63) is 65.0 Å². The summed E-state index contributed by atoms with van der Waals surface area (Å²) in [5.74, 6) is -0.335. The molecule has 0 unspecified atom stereocenters. The van der Waals surface area contributed by atoms with Crippen molar-refractivity contribution in [2.45, 2.75) is 19.4 Å². The Bertz CT molecular complexity index is 977. The average molecular weight is 407 g/mol. The molecule has 0 radical (unpaired) electrons. The Kier molecular flexibility index (Phi) is 5.90. The number of piperidine rings is 1. The number of thiazole rings is 1. The lowest BCUT2D eigenvalue weighted by Gasteiger charge is -2.31. The molecule has 0 bridgehead atoms. The van der Waals surface area contributed by atoms with Crippen LogP contribution in [0.1, 0.15) is 28.5 Å².